The first-order chi connectivity index (χ1) is 17.1. The Morgan fingerprint density at radius 3 is 2.49 bits per heavy atom. The highest BCUT2D eigenvalue weighted by Crippen LogP contribution is 2.73. The number of carbonyl (C=O) groups is 1. The molecule has 0 amide bonds. The summed E-state index contributed by atoms with van der Waals surface area (Å²) in [6.45, 7) is 17.8. The number of allylic oxidation sites excluding steroid dienone is 2. The second-order valence-corrected chi connectivity index (χ2v) is 15.1. The first kappa shape index (κ1) is 27.8. The van der Waals surface area contributed by atoms with Crippen LogP contribution in [0.3, 0.4) is 0 Å². The largest absolute Gasteiger partial charge is 0.388 e. The van der Waals surface area contributed by atoms with Gasteiger partial charge in [0.15, 0.2) is 6.29 Å². The molecule has 5 nitrogen and oxygen atoms in total. The van der Waals surface area contributed by atoms with E-state index >= 15 is 0 Å². The second-order valence-electron chi connectivity index (χ2n) is 15.1. The number of carbonyl (C=O) groups excluding carboxylic acids is 1. The monoisotopic (exact) mass is 516 g/mol. The SMILES string of the molecule is CCO[C@@H]1O[C@@H]([C@H](O)C(C)(C)O)C[C@H]1[C@@H]1CC[C@]2(C)C3=CC[C@H]4C(C)(C)C(=O)CC[C@]4(C)[C@H]3CC[C@@]12C. The molecule has 1 aliphatic heterocycles. The van der Waals surface area contributed by atoms with Crippen LogP contribution in [0.1, 0.15) is 107 Å². The average molecular weight is 517 g/mol. The predicted molar refractivity (Wildman–Crippen MR) is 145 cm³/mol. The van der Waals surface area contributed by atoms with Gasteiger partial charge in [-0.1, -0.05) is 46.3 Å². The van der Waals surface area contributed by atoms with Gasteiger partial charge < -0.3 is 19.7 Å². The minimum atomic E-state index is -1.21. The highest BCUT2D eigenvalue weighted by Gasteiger charge is 2.66. The summed E-state index contributed by atoms with van der Waals surface area (Å²) < 4.78 is 12.5. The number of aliphatic hydroxyl groups is 2. The predicted octanol–water partition coefficient (Wildman–Crippen LogP) is 6.06. The molecule has 1 heterocycles. The van der Waals surface area contributed by atoms with Crippen LogP contribution < -0.4 is 0 Å². The molecule has 5 rings (SSSR count). The van der Waals surface area contributed by atoms with E-state index in [4.69, 9.17) is 9.47 Å². The second kappa shape index (κ2) is 8.88. The van der Waals surface area contributed by atoms with Gasteiger partial charge in [-0.2, -0.15) is 0 Å². The van der Waals surface area contributed by atoms with Gasteiger partial charge in [-0.15, -0.1) is 0 Å². The molecular formula is C32H52O5. The smallest absolute Gasteiger partial charge is 0.161 e. The molecule has 3 saturated carbocycles. The van der Waals surface area contributed by atoms with Gasteiger partial charge in [-0.3, -0.25) is 4.79 Å². The van der Waals surface area contributed by atoms with Gasteiger partial charge >= 0.3 is 0 Å². The molecule has 0 spiro atoms. The van der Waals surface area contributed by atoms with Crippen LogP contribution in [0.4, 0.5) is 0 Å². The first-order valence-corrected chi connectivity index (χ1v) is 15.0. The van der Waals surface area contributed by atoms with Gasteiger partial charge in [0, 0.05) is 24.4 Å². The number of ether oxygens (including phenoxy) is 2. The third-order valence-corrected chi connectivity index (χ3v) is 12.7. The van der Waals surface area contributed by atoms with Gasteiger partial charge in [0.1, 0.15) is 11.9 Å². The van der Waals surface area contributed by atoms with Crippen LogP contribution in [0, 0.1) is 45.3 Å². The van der Waals surface area contributed by atoms with Gasteiger partial charge in [0.25, 0.3) is 0 Å². The highest BCUT2D eigenvalue weighted by atomic mass is 16.7. The molecule has 0 aromatic heterocycles. The van der Waals surface area contributed by atoms with Crippen molar-refractivity contribution < 1.29 is 24.5 Å². The third kappa shape index (κ3) is 3.88. The Hall–Kier alpha value is -0.750. The van der Waals surface area contributed by atoms with Crippen LogP contribution in [0.5, 0.6) is 0 Å². The fourth-order valence-electron chi connectivity index (χ4n) is 10.3. The Labute approximate surface area is 224 Å². The molecule has 0 unspecified atom stereocenters. The number of aliphatic hydroxyl groups excluding tert-OH is 1. The van der Waals surface area contributed by atoms with Crippen molar-refractivity contribution in [3.63, 3.8) is 0 Å². The van der Waals surface area contributed by atoms with E-state index in [1.165, 1.54) is 19.3 Å². The maximum Gasteiger partial charge on any atom is 0.161 e. The molecule has 0 radical (unpaired) electrons. The van der Waals surface area contributed by atoms with Crippen molar-refractivity contribution in [1.82, 2.24) is 0 Å². The lowest BCUT2D eigenvalue weighted by Crippen LogP contribution is -2.57. The summed E-state index contributed by atoms with van der Waals surface area (Å²) in [5.41, 5.74) is 0.678. The van der Waals surface area contributed by atoms with Crippen molar-refractivity contribution in [1.29, 1.82) is 0 Å². The Morgan fingerprint density at radius 2 is 1.84 bits per heavy atom. The zero-order valence-corrected chi connectivity index (χ0v) is 24.6. The van der Waals surface area contributed by atoms with Crippen molar-refractivity contribution in [3.8, 4) is 0 Å². The molecule has 0 aromatic rings. The molecule has 10 atom stereocenters. The summed E-state index contributed by atoms with van der Waals surface area (Å²) in [6.07, 6.45) is 9.07. The van der Waals surface area contributed by atoms with E-state index in [0.29, 0.717) is 30.1 Å². The molecule has 4 aliphatic carbocycles. The standard InChI is InChI=1S/C32H52O5/c1-9-36-27-19(18-23(37-27)26(34)29(4,5)35)20-12-16-32(8)22-10-11-24-28(2,3)25(33)14-15-30(24,6)21(22)13-17-31(20,32)7/h10,19-21,23-24,26-27,34-35H,9,11-18H2,1-8H3/t19-,20-,21-,23+,24-,26-,27+,30+,31-,32+/m0/s1. The molecule has 37 heavy (non-hydrogen) atoms. The Bertz CT molecular complexity index is 947. The molecule has 4 fully saturated rings. The minimum Gasteiger partial charge on any atom is -0.388 e. The van der Waals surface area contributed by atoms with Crippen molar-refractivity contribution >= 4 is 5.78 Å². The summed E-state index contributed by atoms with van der Waals surface area (Å²) in [5, 5.41) is 21.4. The van der Waals surface area contributed by atoms with Crippen LogP contribution in [0.25, 0.3) is 0 Å². The quantitative estimate of drug-likeness (QED) is 0.435. The summed E-state index contributed by atoms with van der Waals surface area (Å²) in [7, 11) is 0. The molecule has 1 saturated heterocycles. The molecule has 0 bridgehead atoms. The summed E-state index contributed by atoms with van der Waals surface area (Å²) in [4.78, 5) is 12.9. The lowest BCUT2D eigenvalue weighted by atomic mass is 9.41. The van der Waals surface area contributed by atoms with E-state index in [1.807, 2.05) is 6.92 Å². The van der Waals surface area contributed by atoms with Crippen LogP contribution in [0.2, 0.25) is 0 Å². The fraction of sp³-hybridized carbons (Fsp3) is 0.906. The number of Topliss-reactive ketones (excluding diaryl/α,β-unsaturated/α-hetero) is 1. The van der Waals surface area contributed by atoms with E-state index in [1.54, 1.807) is 19.4 Å². The number of rotatable bonds is 5. The highest BCUT2D eigenvalue weighted by molar-refractivity contribution is 5.85. The zero-order chi connectivity index (χ0) is 27.2. The Balaban J connectivity index is 1.46. The van der Waals surface area contributed by atoms with Gasteiger partial charge in [-0.05, 0) is 99.7 Å². The number of hydrogen-bond donors (Lipinski definition) is 2. The normalized spacial score (nSPS) is 48.2. The average Bonchev–Trinajstić information content (AvgIpc) is 3.34. The van der Waals surface area contributed by atoms with Crippen molar-refractivity contribution in [2.45, 2.75) is 131 Å². The van der Waals surface area contributed by atoms with Crippen molar-refractivity contribution in [3.05, 3.63) is 11.6 Å². The fourth-order valence-corrected chi connectivity index (χ4v) is 10.3. The summed E-state index contributed by atoms with van der Waals surface area (Å²) in [5.74, 6) is 2.09. The number of fused-ring (bicyclic) bond motifs is 5. The van der Waals surface area contributed by atoms with Crippen molar-refractivity contribution in [2.75, 3.05) is 6.61 Å². The van der Waals surface area contributed by atoms with Crippen LogP contribution in [-0.2, 0) is 14.3 Å². The van der Waals surface area contributed by atoms with Crippen LogP contribution >= 0.6 is 0 Å². The number of ketones is 1. The van der Waals surface area contributed by atoms with E-state index < -0.39 is 17.8 Å². The molecule has 2 N–H and O–H groups in total. The van der Waals surface area contributed by atoms with Gasteiger partial charge in [0.05, 0.1) is 11.7 Å². The maximum atomic E-state index is 12.9. The van der Waals surface area contributed by atoms with E-state index in [-0.39, 0.29) is 33.9 Å². The summed E-state index contributed by atoms with van der Waals surface area (Å²) >= 11 is 0. The van der Waals surface area contributed by atoms with Gasteiger partial charge in [0.2, 0.25) is 0 Å². The third-order valence-electron chi connectivity index (χ3n) is 12.7. The van der Waals surface area contributed by atoms with E-state index in [0.717, 1.165) is 32.1 Å². The lowest BCUT2D eigenvalue weighted by Gasteiger charge is -2.63. The Morgan fingerprint density at radius 1 is 1.14 bits per heavy atom. The zero-order valence-electron chi connectivity index (χ0n) is 24.6. The first-order valence-electron chi connectivity index (χ1n) is 15.0. The topological polar surface area (TPSA) is 76.0 Å². The number of hydrogen-bond acceptors (Lipinski definition) is 5. The van der Waals surface area contributed by atoms with Gasteiger partial charge in [-0.25, -0.2) is 0 Å². The molecule has 5 aliphatic rings. The molecule has 5 heteroatoms. The lowest BCUT2D eigenvalue weighted by molar-refractivity contribution is -0.193. The van der Waals surface area contributed by atoms with Crippen molar-refractivity contribution in [2.24, 2.45) is 45.3 Å². The van der Waals surface area contributed by atoms with Crippen LogP contribution in [-0.4, -0.2) is 46.7 Å². The van der Waals surface area contributed by atoms with Crippen LogP contribution in [0.15, 0.2) is 11.6 Å². The minimum absolute atomic E-state index is 0.129. The Kier molecular flexibility index (Phi) is 6.67. The molecule has 0 aromatic carbocycles. The maximum absolute atomic E-state index is 12.9. The summed E-state index contributed by atoms with van der Waals surface area (Å²) in [6, 6.07) is 0. The molecular weight excluding hydrogens is 464 g/mol. The molecule has 210 valence electrons. The van der Waals surface area contributed by atoms with E-state index in [9.17, 15) is 15.0 Å². The van der Waals surface area contributed by atoms with E-state index in [2.05, 4.69) is 40.7 Å².